The molecule has 1 aliphatic rings. The summed E-state index contributed by atoms with van der Waals surface area (Å²) in [5, 5.41) is 12.2. The molecule has 2 atom stereocenters. The van der Waals surface area contributed by atoms with Gasteiger partial charge in [-0.15, -0.1) is 0 Å². The molecule has 0 aromatic heterocycles. The lowest BCUT2D eigenvalue weighted by molar-refractivity contribution is -0.150. The molecule has 6 heteroatoms. The minimum Gasteiger partial charge on any atom is -0.497 e. The molecule has 0 unspecified atom stereocenters. The van der Waals surface area contributed by atoms with Gasteiger partial charge in [-0.25, -0.2) is 0 Å². The Bertz CT molecular complexity index is 1110. The zero-order chi connectivity index (χ0) is 24.5. The van der Waals surface area contributed by atoms with Crippen molar-refractivity contribution in [1.29, 1.82) is 0 Å². The van der Waals surface area contributed by atoms with E-state index in [1.807, 2.05) is 84.9 Å². The molecule has 0 spiro atoms. The molecule has 4 rings (SSSR count). The first-order valence-corrected chi connectivity index (χ1v) is 11.8. The number of ether oxygens (including phenoxy) is 3. The van der Waals surface area contributed by atoms with Crippen molar-refractivity contribution in [3.63, 3.8) is 0 Å². The van der Waals surface area contributed by atoms with Crippen LogP contribution in [0, 0.1) is 0 Å². The summed E-state index contributed by atoms with van der Waals surface area (Å²) in [7, 11) is 1.64. The van der Waals surface area contributed by atoms with Crippen molar-refractivity contribution >= 4 is 5.91 Å². The molecule has 3 aromatic rings. The van der Waals surface area contributed by atoms with E-state index in [0.717, 1.165) is 34.4 Å². The van der Waals surface area contributed by atoms with Gasteiger partial charge < -0.3 is 24.6 Å². The van der Waals surface area contributed by atoms with E-state index >= 15 is 0 Å². The highest BCUT2D eigenvalue weighted by Gasteiger charge is 2.28. The number of aliphatic hydroxyl groups excluding tert-OH is 1. The smallest absolute Gasteiger partial charge is 0.286 e. The summed E-state index contributed by atoms with van der Waals surface area (Å²) in [6.45, 7) is 0.859. The molecule has 0 aliphatic carbocycles. The van der Waals surface area contributed by atoms with Gasteiger partial charge in [0.1, 0.15) is 5.75 Å². The maximum absolute atomic E-state index is 13.0. The third-order valence-electron chi connectivity index (χ3n) is 6.01. The van der Waals surface area contributed by atoms with Crippen LogP contribution >= 0.6 is 0 Å². The van der Waals surface area contributed by atoms with E-state index in [2.05, 4.69) is 5.32 Å². The van der Waals surface area contributed by atoms with Crippen molar-refractivity contribution < 1.29 is 24.1 Å². The molecule has 182 valence electrons. The second kappa shape index (κ2) is 12.2. The minimum absolute atomic E-state index is 0.00392. The molecular formula is C29H31NO5. The van der Waals surface area contributed by atoms with Crippen LogP contribution in [-0.4, -0.2) is 31.0 Å². The molecule has 6 nitrogen and oxygen atoms in total. The van der Waals surface area contributed by atoms with Gasteiger partial charge in [0.25, 0.3) is 5.91 Å². The van der Waals surface area contributed by atoms with E-state index in [1.54, 1.807) is 7.11 Å². The Labute approximate surface area is 206 Å². The Kier molecular flexibility index (Phi) is 8.54. The Hall–Kier alpha value is -3.61. The Balaban J connectivity index is 1.43. The molecule has 35 heavy (non-hydrogen) atoms. The molecule has 0 radical (unpaired) electrons. The Morgan fingerprint density at radius 3 is 2.37 bits per heavy atom. The van der Waals surface area contributed by atoms with E-state index in [4.69, 9.17) is 14.2 Å². The SMILES string of the molecule is COc1ccc([C@@H]2C=C(C(=O)NCCc3ccccc3)O[C@H](OCc3ccc(CO)cc3)C2)cc1. The van der Waals surface area contributed by atoms with Crippen molar-refractivity contribution in [3.05, 3.63) is 113 Å². The summed E-state index contributed by atoms with van der Waals surface area (Å²) in [6.07, 6.45) is 2.63. The molecule has 2 N–H and O–H groups in total. The highest BCUT2D eigenvalue weighted by Crippen LogP contribution is 2.32. The number of carbonyl (C=O) groups excluding carboxylic acids is 1. The van der Waals surface area contributed by atoms with Gasteiger partial charge in [0.05, 0.1) is 20.3 Å². The number of allylic oxidation sites excluding steroid dienone is 1. The lowest BCUT2D eigenvalue weighted by Crippen LogP contribution is -2.33. The molecule has 0 saturated carbocycles. The monoisotopic (exact) mass is 473 g/mol. The van der Waals surface area contributed by atoms with Gasteiger partial charge in [-0.2, -0.15) is 0 Å². The van der Waals surface area contributed by atoms with Gasteiger partial charge in [0, 0.05) is 18.9 Å². The summed E-state index contributed by atoms with van der Waals surface area (Å²) in [5.41, 5.74) is 4.04. The normalized spacial score (nSPS) is 17.3. The summed E-state index contributed by atoms with van der Waals surface area (Å²) in [4.78, 5) is 13.0. The molecule has 3 aromatic carbocycles. The standard InChI is InChI=1S/C29H31NO5/c1-33-26-13-11-24(12-14-26)25-17-27(29(32)30-16-15-21-5-3-2-4-6-21)35-28(18-25)34-20-23-9-7-22(19-31)8-10-23/h2-14,17,25,28,31H,15-16,18-20H2,1H3,(H,30,32)/t25-,28+/m1/s1. The minimum atomic E-state index is -0.570. The van der Waals surface area contributed by atoms with Crippen LogP contribution in [0.3, 0.4) is 0 Å². The van der Waals surface area contributed by atoms with Crippen molar-refractivity contribution in [2.75, 3.05) is 13.7 Å². The van der Waals surface area contributed by atoms with E-state index in [0.29, 0.717) is 19.6 Å². The second-order valence-corrected chi connectivity index (χ2v) is 8.47. The third-order valence-corrected chi connectivity index (χ3v) is 6.01. The first-order valence-electron chi connectivity index (χ1n) is 11.8. The summed E-state index contributed by atoms with van der Waals surface area (Å²) in [6, 6.07) is 25.4. The highest BCUT2D eigenvalue weighted by atomic mass is 16.7. The maximum atomic E-state index is 13.0. The van der Waals surface area contributed by atoms with E-state index in [1.165, 1.54) is 0 Å². The first kappa shape index (κ1) is 24.5. The van der Waals surface area contributed by atoms with Gasteiger partial charge in [-0.1, -0.05) is 66.7 Å². The zero-order valence-corrected chi connectivity index (χ0v) is 19.9. The van der Waals surface area contributed by atoms with E-state index < -0.39 is 6.29 Å². The number of aliphatic hydroxyl groups is 1. The average molecular weight is 474 g/mol. The lowest BCUT2D eigenvalue weighted by atomic mass is 9.93. The quantitative estimate of drug-likeness (QED) is 0.454. The molecule has 0 fully saturated rings. The Morgan fingerprint density at radius 1 is 0.971 bits per heavy atom. The number of methoxy groups -OCH3 is 1. The van der Waals surface area contributed by atoms with Crippen LogP contribution in [0.15, 0.2) is 90.7 Å². The molecule has 0 bridgehead atoms. The van der Waals surface area contributed by atoms with E-state index in [9.17, 15) is 9.90 Å². The molecule has 1 heterocycles. The van der Waals surface area contributed by atoms with Crippen molar-refractivity contribution in [2.45, 2.75) is 38.3 Å². The highest BCUT2D eigenvalue weighted by molar-refractivity contribution is 5.91. The van der Waals surface area contributed by atoms with Crippen molar-refractivity contribution in [2.24, 2.45) is 0 Å². The second-order valence-electron chi connectivity index (χ2n) is 8.47. The predicted octanol–water partition coefficient (Wildman–Crippen LogP) is 4.48. The first-order chi connectivity index (χ1) is 17.1. The largest absolute Gasteiger partial charge is 0.497 e. The van der Waals surface area contributed by atoms with Gasteiger partial charge in [0.2, 0.25) is 6.29 Å². The number of hydrogen-bond donors (Lipinski definition) is 2. The van der Waals surface area contributed by atoms with Gasteiger partial charge >= 0.3 is 0 Å². The summed E-state index contributed by atoms with van der Waals surface area (Å²) >= 11 is 0. The average Bonchev–Trinajstić information content (AvgIpc) is 2.92. The fourth-order valence-corrected chi connectivity index (χ4v) is 3.98. The number of benzene rings is 3. The van der Waals surface area contributed by atoms with Gasteiger partial charge in [-0.3, -0.25) is 4.79 Å². The maximum Gasteiger partial charge on any atom is 0.286 e. The van der Waals surface area contributed by atoms with Crippen LogP contribution in [0.25, 0.3) is 0 Å². The number of rotatable bonds is 10. The van der Waals surface area contributed by atoms with E-state index in [-0.39, 0.29) is 24.2 Å². The topological polar surface area (TPSA) is 77.0 Å². The summed E-state index contributed by atoms with van der Waals surface area (Å²) < 4.78 is 17.3. The van der Waals surface area contributed by atoms with Crippen LogP contribution < -0.4 is 10.1 Å². The number of nitrogens with one attached hydrogen (secondary N) is 1. The lowest BCUT2D eigenvalue weighted by Gasteiger charge is -2.29. The molecule has 0 saturated heterocycles. The molecular weight excluding hydrogens is 442 g/mol. The van der Waals surface area contributed by atoms with Crippen molar-refractivity contribution in [1.82, 2.24) is 5.32 Å². The number of carbonyl (C=O) groups is 1. The van der Waals surface area contributed by atoms with Crippen LogP contribution in [-0.2, 0) is 33.9 Å². The van der Waals surface area contributed by atoms with Crippen molar-refractivity contribution in [3.8, 4) is 5.75 Å². The fraction of sp³-hybridized carbons (Fsp3) is 0.276. The van der Waals surface area contributed by atoms with Gasteiger partial charge in [0.15, 0.2) is 5.76 Å². The van der Waals surface area contributed by atoms with Crippen LogP contribution in [0.5, 0.6) is 5.75 Å². The van der Waals surface area contributed by atoms with Crippen LogP contribution in [0.4, 0.5) is 0 Å². The zero-order valence-electron chi connectivity index (χ0n) is 19.9. The fourth-order valence-electron chi connectivity index (χ4n) is 3.98. The van der Waals surface area contributed by atoms with Crippen LogP contribution in [0.2, 0.25) is 0 Å². The molecule has 1 amide bonds. The third kappa shape index (κ3) is 6.94. The number of hydrogen-bond acceptors (Lipinski definition) is 5. The molecule has 1 aliphatic heterocycles. The Morgan fingerprint density at radius 2 is 1.69 bits per heavy atom. The summed E-state index contributed by atoms with van der Waals surface area (Å²) in [5.74, 6) is 0.764. The predicted molar refractivity (Wildman–Crippen MR) is 134 cm³/mol. The van der Waals surface area contributed by atoms with Gasteiger partial charge in [-0.05, 0) is 46.9 Å². The number of amides is 1. The van der Waals surface area contributed by atoms with Crippen LogP contribution in [0.1, 0.15) is 34.6 Å².